The molecule has 0 aliphatic carbocycles. The zero-order valence-electron chi connectivity index (χ0n) is 11.5. The molecule has 2 heterocycles. The van der Waals surface area contributed by atoms with Gasteiger partial charge in [0.1, 0.15) is 6.07 Å². The van der Waals surface area contributed by atoms with Crippen LogP contribution >= 0.6 is 0 Å². The summed E-state index contributed by atoms with van der Waals surface area (Å²) in [5, 5.41) is 11.8. The molecule has 1 N–H and O–H groups in total. The van der Waals surface area contributed by atoms with Crippen LogP contribution in [0.5, 0.6) is 0 Å². The Labute approximate surface area is 126 Å². The third-order valence-electron chi connectivity index (χ3n) is 3.31. The maximum absolute atomic E-state index is 12.2. The lowest BCUT2D eigenvalue weighted by atomic mass is 10.1. The van der Waals surface area contributed by atoms with Gasteiger partial charge in [-0.3, -0.25) is 14.5 Å². The third-order valence-corrected chi connectivity index (χ3v) is 3.31. The quantitative estimate of drug-likeness (QED) is 0.846. The lowest BCUT2D eigenvalue weighted by Gasteiger charge is -2.14. The van der Waals surface area contributed by atoms with E-state index in [2.05, 4.69) is 15.3 Å². The molecule has 0 spiro atoms. The molecule has 1 aliphatic heterocycles. The third kappa shape index (κ3) is 2.27. The maximum Gasteiger partial charge on any atom is 0.261 e. The molecule has 2 amide bonds. The van der Waals surface area contributed by atoms with Gasteiger partial charge in [-0.15, -0.1) is 0 Å². The summed E-state index contributed by atoms with van der Waals surface area (Å²) >= 11 is 0. The van der Waals surface area contributed by atoms with E-state index in [9.17, 15) is 9.59 Å². The summed E-state index contributed by atoms with van der Waals surface area (Å²) in [6.07, 6.45) is 2.89. The first-order chi connectivity index (χ1) is 10.7. The van der Waals surface area contributed by atoms with Crippen molar-refractivity contribution in [3.63, 3.8) is 0 Å². The van der Waals surface area contributed by atoms with Crippen LogP contribution in [0.4, 0.5) is 5.82 Å². The summed E-state index contributed by atoms with van der Waals surface area (Å²) in [7, 11) is 0. The largest absolute Gasteiger partial charge is 0.366 e. The predicted octanol–water partition coefficient (Wildman–Crippen LogP) is 1.06. The van der Waals surface area contributed by atoms with Crippen LogP contribution in [0.1, 0.15) is 26.4 Å². The Balaban J connectivity index is 1.68. The summed E-state index contributed by atoms with van der Waals surface area (Å²) in [6.45, 7) is 0.479. The standard InChI is InChI=1S/C15H11N5O2/c16-9-12-13(18-6-5-17-12)19-7-8-20-14(21)10-3-1-2-4-11(10)15(20)22/h1-6H,7-8H2,(H,18,19). The highest BCUT2D eigenvalue weighted by Gasteiger charge is 2.34. The van der Waals surface area contributed by atoms with Crippen LogP contribution in [0.3, 0.4) is 0 Å². The highest BCUT2D eigenvalue weighted by molar-refractivity contribution is 6.21. The number of benzene rings is 1. The van der Waals surface area contributed by atoms with Crippen LogP contribution in [0, 0.1) is 11.3 Å². The molecule has 22 heavy (non-hydrogen) atoms. The molecule has 0 unspecified atom stereocenters. The summed E-state index contributed by atoms with van der Waals surface area (Å²) in [5.74, 6) is -0.272. The number of amides is 2. The number of nitriles is 1. The highest BCUT2D eigenvalue weighted by Crippen LogP contribution is 2.21. The van der Waals surface area contributed by atoms with Crippen molar-refractivity contribution in [1.29, 1.82) is 5.26 Å². The molecule has 0 fully saturated rings. The van der Waals surface area contributed by atoms with Crippen LogP contribution in [0.2, 0.25) is 0 Å². The van der Waals surface area contributed by atoms with Crippen molar-refractivity contribution >= 4 is 17.6 Å². The molecule has 0 atom stereocenters. The maximum atomic E-state index is 12.2. The number of imide groups is 1. The minimum Gasteiger partial charge on any atom is -0.366 e. The highest BCUT2D eigenvalue weighted by atomic mass is 16.2. The molecule has 7 heteroatoms. The smallest absolute Gasteiger partial charge is 0.261 e. The normalized spacial score (nSPS) is 13.0. The fourth-order valence-corrected chi connectivity index (χ4v) is 2.28. The van der Waals surface area contributed by atoms with E-state index in [1.54, 1.807) is 24.3 Å². The van der Waals surface area contributed by atoms with Crippen molar-refractivity contribution in [3.05, 3.63) is 53.5 Å². The average Bonchev–Trinajstić information content (AvgIpc) is 2.80. The molecule has 1 aliphatic rings. The second kappa shape index (κ2) is 5.61. The van der Waals surface area contributed by atoms with E-state index in [1.165, 1.54) is 17.3 Å². The molecule has 1 aromatic carbocycles. The fraction of sp³-hybridized carbons (Fsp3) is 0.133. The summed E-state index contributed by atoms with van der Waals surface area (Å²) < 4.78 is 0. The molecule has 3 rings (SSSR count). The number of nitrogens with zero attached hydrogens (tertiary/aromatic N) is 4. The van der Waals surface area contributed by atoms with Gasteiger partial charge in [0.05, 0.1) is 11.1 Å². The number of fused-ring (bicyclic) bond motifs is 1. The van der Waals surface area contributed by atoms with Crippen molar-refractivity contribution in [2.45, 2.75) is 0 Å². The van der Waals surface area contributed by atoms with Crippen LogP contribution in [0.15, 0.2) is 36.7 Å². The lowest BCUT2D eigenvalue weighted by Crippen LogP contribution is -2.34. The van der Waals surface area contributed by atoms with E-state index in [1.807, 2.05) is 6.07 Å². The van der Waals surface area contributed by atoms with Crippen LogP contribution in [-0.4, -0.2) is 39.8 Å². The average molecular weight is 293 g/mol. The summed E-state index contributed by atoms with van der Waals surface area (Å²) in [4.78, 5) is 33.4. The van der Waals surface area contributed by atoms with Crippen molar-refractivity contribution in [1.82, 2.24) is 14.9 Å². The fourth-order valence-electron chi connectivity index (χ4n) is 2.28. The predicted molar refractivity (Wildman–Crippen MR) is 77.0 cm³/mol. The van der Waals surface area contributed by atoms with Crippen LogP contribution < -0.4 is 5.32 Å². The molecule has 7 nitrogen and oxygen atoms in total. The number of anilines is 1. The molecule has 108 valence electrons. The Kier molecular flexibility index (Phi) is 3.50. The van der Waals surface area contributed by atoms with Gasteiger partial charge in [-0.2, -0.15) is 5.26 Å². The molecule has 2 aromatic rings. The number of hydrogen-bond donors (Lipinski definition) is 1. The van der Waals surface area contributed by atoms with Crippen LogP contribution in [0.25, 0.3) is 0 Å². The molecular weight excluding hydrogens is 282 g/mol. The number of rotatable bonds is 4. The Morgan fingerprint density at radius 3 is 2.36 bits per heavy atom. The molecule has 0 saturated heterocycles. The van der Waals surface area contributed by atoms with Gasteiger partial charge in [0.15, 0.2) is 11.5 Å². The zero-order valence-corrected chi connectivity index (χ0v) is 11.5. The number of nitrogens with one attached hydrogen (secondary N) is 1. The van der Waals surface area contributed by atoms with Gasteiger partial charge in [-0.25, -0.2) is 9.97 Å². The topological polar surface area (TPSA) is 99.0 Å². The Hall–Kier alpha value is -3.27. The van der Waals surface area contributed by atoms with Crippen molar-refractivity contribution in [2.75, 3.05) is 18.4 Å². The van der Waals surface area contributed by atoms with Crippen molar-refractivity contribution < 1.29 is 9.59 Å². The summed E-state index contributed by atoms with van der Waals surface area (Å²) in [6, 6.07) is 8.65. The molecule has 0 radical (unpaired) electrons. The van der Waals surface area contributed by atoms with Gasteiger partial charge >= 0.3 is 0 Å². The molecule has 0 bridgehead atoms. The first kappa shape index (κ1) is 13.7. The van der Waals surface area contributed by atoms with Gasteiger partial charge in [-0.1, -0.05) is 12.1 Å². The molecule has 0 saturated carbocycles. The number of carbonyl (C=O) groups excluding carboxylic acids is 2. The second-order valence-corrected chi connectivity index (χ2v) is 4.60. The van der Waals surface area contributed by atoms with E-state index >= 15 is 0 Å². The molecular formula is C15H11N5O2. The minimum atomic E-state index is -0.304. The zero-order chi connectivity index (χ0) is 15.5. The van der Waals surface area contributed by atoms with Gasteiger partial charge in [0.2, 0.25) is 0 Å². The van der Waals surface area contributed by atoms with E-state index in [0.717, 1.165) is 0 Å². The first-order valence-corrected chi connectivity index (χ1v) is 6.62. The van der Waals surface area contributed by atoms with Gasteiger partial charge < -0.3 is 5.32 Å². The number of carbonyl (C=O) groups is 2. The molecule has 1 aromatic heterocycles. The van der Waals surface area contributed by atoms with Gasteiger partial charge in [-0.05, 0) is 12.1 Å². The Morgan fingerprint density at radius 2 is 1.73 bits per heavy atom. The number of hydrogen-bond acceptors (Lipinski definition) is 6. The summed E-state index contributed by atoms with van der Waals surface area (Å²) in [5.41, 5.74) is 1.01. The SMILES string of the molecule is N#Cc1nccnc1NCCN1C(=O)c2ccccc2C1=O. The monoisotopic (exact) mass is 293 g/mol. The van der Waals surface area contributed by atoms with E-state index in [4.69, 9.17) is 5.26 Å². The van der Waals surface area contributed by atoms with Crippen molar-refractivity contribution in [2.24, 2.45) is 0 Å². The minimum absolute atomic E-state index is 0.171. The Bertz CT molecular complexity index is 762. The van der Waals surface area contributed by atoms with Crippen molar-refractivity contribution in [3.8, 4) is 6.07 Å². The second-order valence-electron chi connectivity index (χ2n) is 4.60. The Morgan fingerprint density at radius 1 is 1.09 bits per heavy atom. The number of aromatic nitrogens is 2. The van der Waals surface area contributed by atoms with Gasteiger partial charge in [0.25, 0.3) is 11.8 Å². The van der Waals surface area contributed by atoms with E-state index in [-0.39, 0.29) is 24.1 Å². The van der Waals surface area contributed by atoms with E-state index < -0.39 is 0 Å². The lowest BCUT2D eigenvalue weighted by molar-refractivity contribution is 0.0660. The van der Waals surface area contributed by atoms with Crippen LogP contribution in [-0.2, 0) is 0 Å². The first-order valence-electron chi connectivity index (χ1n) is 6.62. The van der Waals surface area contributed by atoms with Gasteiger partial charge in [0, 0.05) is 25.5 Å². The van der Waals surface area contributed by atoms with E-state index in [0.29, 0.717) is 23.5 Å².